The number of rotatable bonds is 8. The molecule has 0 aliphatic heterocycles. The Balaban J connectivity index is 3.97. The molecule has 0 aliphatic carbocycles. The van der Waals surface area contributed by atoms with Gasteiger partial charge in [0.1, 0.15) is 6.61 Å². The second kappa shape index (κ2) is 7.63. The minimum Gasteiger partial charge on any atom is -0.396 e. The minimum absolute atomic E-state index is 0.0608. The Hall–Kier alpha value is -0.610. The third kappa shape index (κ3) is 5.47. The van der Waals surface area contributed by atoms with Crippen molar-refractivity contribution in [3.63, 3.8) is 0 Å². The molecule has 16 heavy (non-hydrogen) atoms. The van der Waals surface area contributed by atoms with Crippen LogP contribution in [0.4, 0.5) is 0 Å². The van der Waals surface area contributed by atoms with E-state index in [1.807, 2.05) is 27.7 Å². The number of hydrogen-bond acceptors (Lipinski definition) is 3. The van der Waals surface area contributed by atoms with Crippen LogP contribution in [0, 0.1) is 5.41 Å². The summed E-state index contributed by atoms with van der Waals surface area (Å²) < 4.78 is 5.20. The molecule has 0 bridgehead atoms. The summed E-state index contributed by atoms with van der Waals surface area (Å²) in [6, 6.07) is 0. The number of hydrogen-bond donors (Lipinski definition) is 2. The summed E-state index contributed by atoms with van der Waals surface area (Å²) in [5, 5.41) is 12.1. The second-order valence-corrected chi connectivity index (χ2v) is 4.50. The SMILES string of the molecule is CCC(CC)(CO)CNC(=O)COC(C)C. The lowest BCUT2D eigenvalue weighted by Gasteiger charge is -2.29. The average Bonchev–Trinajstić information content (AvgIpc) is 2.29. The quantitative estimate of drug-likeness (QED) is 0.662. The van der Waals surface area contributed by atoms with E-state index in [1.165, 1.54) is 0 Å². The Morgan fingerprint density at radius 2 is 1.94 bits per heavy atom. The lowest BCUT2D eigenvalue weighted by atomic mass is 9.83. The van der Waals surface area contributed by atoms with Crippen LogP contribution in [0.3, 0.4) is 0 Å². The van der Waals surface area contributed by atoms with Gasteiger partial charge in [-0.05, 0) is 26.7 Å². The molecule has 0 fully saturated rings. The zero-order valence-corrected chi connectivity index (χ0v) is 10.9. The molecule has 0 spiro atoms. The van der Waals surface area contributed by atoms with Crippen molar-refractivity contribution in [2.75, 3.05) is 19.8 Å². The number of amides is 1. The second-order valence-electron chi connectivity index (χ2n) is 4.50. The van der Waals surface area contributed by atoms with Crippen molar-refractivity contribution in [2.24, 2.45) is 5.41 Å². The molecule has 0 radical (unpaired) electrons. The van der Waals surface area contributed by atoms with E-state index < -0.39 is 0 Å². The molecule has 0 atom stereocenters. The topological polar surface area (TPSA) is 58.6 Å². The van der Waals surface area contributed by atoms with E-state index >= 15 is 0 Å². The highest BCUT2D eigenvalue weighted by Crippen LogP contribution is 2.24. The lowest BCUT2D eigenvalue weighted by molar-refractivity contribution is -0.127. The van der Waals surface area contributed by atoms with E-state index in [4.69, 9.17) is 4.74 Å². The number of carbonyl (C=O) groups excluding carboxylic acids is 1. The third-order valence-corrected chi connectivity index (χ3v) is 3.04. The third-order valence-electron chi connectivity index (χ3n) is 3.04. The van der Waals surface area contributed by atoms with Crippen molar-refractivity contribution >= 4 is 5.91 Å². The Bertz CT molecular complexity index is 192. The molecule has 0 aromatic carbocycles. The van der Waals surface area contributed by atoms with E-state index in [1.54, 1.807) is 0 Å². The van der Waals surface area contributed by atoms with Crippen molar-refractivity contribution in [3.05, 3.63) is 0 Å². The molecule has 0 saturated heterocycles. The number of nitrogens with one attached hydrogen (secondary N) is 1. The van der Waals surface area contributed by atoms with Crippen LogP contribution < -0.4 is 5.32 Å². The molecule has 0 saturated carbocycles. The summed E-state index contributed by atoms with van der Waals surface area (Å²) in [5.74, 6) is -0.117. The first kappa shape index (κ1) is 15.4. The van der Waals surface area contributed by atoms with Crippen LogP contribution in [0.15, 0.2) is 0 Å². The van der Waals surface area contributed by atoms with E-state index in [2.05, 4.69) is 5.32 Å². The zero-order chi connectivity index (χ0) is 12.6. The monoisotopic (exact) mass is 231 g/mol. The van der Waals surface area contributed by atoms with Crippen LogP contribution in [0.1, 0.15) is 40.5 Å². The Kier molecular flexibility index (Phi) is 7.34. The smallest absolute Gasteiger partial charge is 0.246 e. The average molecular weight is 231 g/mol. The first-order chi connectivity index (χ1) is 7.49. The van der Waals surface area contributed by atoms with Gasteiger partial charge in [0.15, 0.2) is 0 Å². The Labute approximate surface area is 98.4 Å². The van der Waals surface area contributed by atoms with Gasteiger partial charge in [0.25, 0.3) is 0 Å². The maximum absolute atomic E-state index is 11.4. The van der Waals surface area contributed by atoms with Gasteiger partial charge in [-0.3, -0.25) is 4.79 Å². The minimum atomic E-state index is -0.187. The first-order valence-electron chi connectivity index (χ1n) is 5.98. The van der Waals surface area contributed by atoms with Crippen molar-refractivity contribution in [2.45, 2.75) is 46.6 Å². The Morgan fingerprint density at radius 3 is 2.31 bits per heavy atom. The summed E-state index contributed by atoms with van der Waals surface area (Å²) in [5.41, 5.74) is -0.187. The maximum Gasteiger partial charge on any atom is 0.246 e. The van der Waals surface area contributed by atoms with Gasteiger partial charge in [0.05, 0.1) is 12.7 Å². The van der Waals surface area contributed by atoms with Crippen molar-refractivity contribution in [3.8, 4) is 0 Å². The summed E-state index contributed by atoms with van der Waals surface area (Å²) >= 11 is 0. The predicted octanol–water partition coefficient (Wildman–Crippen LogP) is 1.33. The predicted molar refractivity (Wildman–Crippen MR) is 64.2 cm³/mol. The van der Waals surface area contributed by atoms with Gasteiger partial charge in [-0.2, -0.15) is 0 Å². The van der Waals surface area contributed by atoms with Crippen LogP contribution in [0.2, 0.25) is 0 Å². The fourth-order valence-electron chi connectivity index (χ4n) is 1.36. The van der Waals surface area contributed by atoms with Crippen LogP contribution in [0.25, 0.3) is 0 Å². The summed E-state index contributed by atoms with van der Waals surface area (Å²) in [4.78, 5) is 11.4. The van der Waals surface area contributed by atoms with Crippen LogP contribution in [-0.2, 0) is 9.53 Å². The van der Waals surface area contributed by atoms with E-state index in [9.17, 15) is 9.90 Å². The number of aliphatic hydroxyl groups is 1. The van der Waals surface area contributed by atoms with Gasteiger partial charge in [-0.1, -0.05) is 13.8 Å². The molecule has 0 rings (SSSR count). The van der Waals surface area contributed by atoms with Gasteiger partial charge in [0, 0.05) is 12.0 Å². The molecule has 1 amide bonds. The standard InChI is InChI=1S/C12H25NO3/c1-5-12(6-2,9-14)8-13-11(15)7-16-10(3)4/h10,14H,5-9H2,1-4H3,(H,13,15). The molecule has 0 unspecified atom stereocenters. The number of ether oxygens (including phenoxy) is 1. The number of carbonyl (C=O) groups is 1. The normalized spacial score (nSPS) is 11.9. The van der Waals surface area contributed by atoms with Gasteiger partial charge in [-0.25, -0.2) is 0 Å². The van der Waals surface area contributed by atoms with Crippen LogP contribution >= 0.6 is 0 Å². The van der Waals surface area contributed by atoms with Gasteiger partial charge < -0.3 is 15.2 Å². The fraction of sp³-hybridized carbons (Fsp3) is 0.917. The van der Waals surface area contributed by atoms with Crippen LogP contribution in [0.5, 0.6) is 0 Å². The molecule has 0 heterocycles. The van der Waals surface area contributed by atoms with Gasteiger partial charge in [-0.15, -0.1) is 0 Å². The fourth-order valence-corrected chi connectivity index (χ4v) is 1.36. The largest absolute Gasteiger partial charge is 0.396 e. The molecule has 96 valence electrons. The van der Waals surface area contributed by atoms with E-state index in [0.29, 0.717) is 6.54 Å². The molecule has 2 N–H and O–H groups in total. The first-order valence-corrected chi connectivity index (χ1v) is 5.98. The van der Waals surface area contributed by atoms with Crippen molar-refractivity contribution in [1.29, 1.82) is 0 Å². The van der Waals surface area contributed by atoms with E-state index in [0.717, 1.165) is 12.8 Å². The highest BCUT2D eigenvalue weighted by atomic mass is 16.5. The molecule has 4 nitrogen and oxygen atoms in total. The molecule has 0 aromatic rings. The highest BCUT2D eigenvalue weighted by Gasteiger charge is 2.25. The summed E-state index contributed by atoms with van der Waals surface area (Å²) in [7, 11) is 0. The van der Waals surface area contributed by atoms with Crippen LogP contribution in [-0.4, -0.2) is 36.9 Å². The van der Waals surface area contributed by atoms with Crippen molar-refractivity contribution < 1.29 is 14.6 Å². The maximum atomic E-state index is 11.4. The van der Waals surface area contributed by atoms with Gasteiger partial charge >= 0.3 is 0 Å². The zero-order valence-electron chi connectivity index (χ0n) is 10.9. The molecule has 0 aliphatic rings. The molecular formula is C12H25NO3. The molecular weight excluding hydrogens is 206 g/mol. The van der Waals surface area contributed by atoms with E-state index in [-0.39, 0.29) is 30.6 Å². The summed E-state index contributed by atoms with van der Waals surface area (Å²) in [6.45, 7) is 8.54. The van der Waals surface area contributed by atoms with Crippen molar-refractivity contribution in [1.82, 2.24) is 5.32 Å². The molecule has 0 aromatic heterocycles. The van der Waals surface area contributed by atoms with Gasteiger partial charge in [0.2, 0.25) is 5.91 Å². The summed E-state index contributed by atoms with van der Waals surface area (Å²) in [6.07, 6.45) is 1.77. The number of aliphatic hydroxyl groups excluding tert-OH is 1. The molecule has 4 heteroatoms. The lowest BCUT2D eigenvalue weighted by Crippen LogP contribution is -2.41. The highest BCUT2D eigenvalue weighted by molar-refractivity contribution is 5.77. The Morgan fingerprint density at radius 1 is 1.38 bits per heavy atom.